The van der Waals surface area contributed by atoms with Gasteiger partial charge in [-0.15, -0.1) is 0 Å². The number of ether oxygens (including phenoxy) is 2. The van der Waals surface area contributed by atoms with Crippen LogP contribution in [-0.4, -0.2) is 48.1 Å². The van der Waals surface area contributed by atoms with E-state index >= 15 is 0 Å². The molecule has 1 aliphatic heterocycles. The lowest BCUT2D eigenvalue weighted by molar-refractivity contribution is -0.148. The first kappa shape index (κ1) is 21.1. The quantitative estimate of drug-likeness (QED) is 0.410. The predicted octanol–water partition coefficient (Wildman–Crippen LogP) is 3.06. The molecule has 29 heavy (non-hydrogen) atoms. The zero-order valence-electron chi connectivity index (χ0n) is 17.2. The van der Waals surface area contributed by atoms with E-state index in [2.05, 4.69) is 19.2 Å². The van der Waals surface area contributed by atoms with Gasteiger partial charge in [0.05, 0.1) is 0 Å². The first-order valence-corrected chi connectivity index (χ1v) is 10.5. The van der Waals surface area contributed by atoms with Crippen LogP contribution in [0.25, 0.3) is 0 Å². The fraction of sp³-hybridized carbons (Fsp3) is 0.591. The summed E-state index contributed by atoms with van der Waals surface area (Å²) in [5.74, 6) is 0.404. The SMILES string of the molecule is CCc1cccc(OCCOC(=O)CN2C(=O)NC3(CCC(CC)CC3)C2=O)c1. The Bertz CT molecular complexity index is 755. The summed E-state index contributed by atoms with van der Waals surface area (Å²) in [6.45, 7) is 4.11. The van der Waals surface area contributed by atoms with E-state index < -0.39 is 17.5 Å². The van der Waals surface area contributed by atoms with Crippen molar-refractivity contribution in [3.8, 4) is 5.75 Å². The van der Waals surface area contributed by atoms with Gasteiger partial charge in [-0.05, 0) is 55.7 Å². The van der Waals surface area contributed by atoms with Crippen LogP contribution < -0.4 is 10.1 Å². The lowest BCUT2D eigenvalue weighted by atomic mass is 9.75. The third-order valence-corrected chi connectivity index (χ3v) is 5.99. The van der Waals surface area contributed by atoms with Gasteiger partial charge >= 0.3 is 12.0 Å². The Balaban J connectivity index is 1.44. The van der Waals surface area contributed by atoms with E-state index in [4.69, 9.17) is 9.47 Å². The van der Waals surface area contributed by atoms with Gasteiger partial charge in [0.1, 0.15) is 31.0 Å². The van der Waals surface area contributed by atoms with Crippen LogP contribution in [0.3, 0.4) is 0 Å². The molecule has 0 bridgehead atoms. The Hall–Kier alpha value is -2.57. The summed E-state index contributed by atoms with van der Waals surface area (Å²) in [5.41, 5.74) is 0.330. The van der Waals surface area contributed by atoms with Gasteiger partial charge in [0.15, 0.2) is 0 Å². The Morgan fingerprint density at radius 3 is 2.66 bits per heavy atom. The number of benzene rings is 1. The summed E-state index contributed by atoms with van der Waals surface area (Å²) in [6, 6.07) is 7.23. The number of imide groups is 1. The minimum Gasteiger partial charge on any atom is -0.490 e. The fourth-order valence-corrected chi connectivity index (χ4v) is 4.08. The summed E-state index contributed by atoms with van der Waals surface area (Å²) in [4.78, 5) is 38.2. The third-order valence-electron chi connectivity index (χ3n) is 5.99. The molecule has 3 amide bonds. The van der Waals surface area contributed by atoms with Crippen molar-refractivity contribution in [2.75, 3.05) is 19.8 Å². The van der Waals surface area contributed by atoms with Crippen molar-refractivity contribution in [2.45, 2.75) is 57.9 Å². The van der Waals surface area contributed by atoms with Crippen molar-refractivity contribution < 1.29 is 23.9 Å². The molecule has 1 saturated heterocycles. The maximum absolute atomic E-state index is 12.8. The predicted molar refractivity (Wildman–Crippen MR) is 107 cm³/mol. The average molecular weight is 402 g/mol. The van der Waals surface area contributed by atoms with Crippen molar-refractivity contribution in [1.82, 2.24) is 10.2 Å². The second kappa shape index (κ2) is 9.29. The zero-order chi connectivity index (χ0) is 20.9. The number of amides is 3. The summed E-state index contributed by atoms with van der Waals surface area (Å²) >= 11 is 0. The van der Waals surface area contributed by atoms with Gasteiger partial charge in [0.2, 0.25) is 0 Å². The van der Waals surface area contributed by atoms with Gasteiger partial charge in [-0.3, -0.25) is 14.5 Å². The molecule has 1 spiro atoms. The van der Waals surface area contributed by atoms with E-state index in [1.54, 1.807) is 0 Å². The van der Waals surface area contributed by atoms with E-state index in [0.29, 0.717) is 18.8 Å². The van der Waals surface area contributed by atoms with Crippen LogP contribution in [-0.2, 0) is 20.7 Å². The molecule has 1 aliphatic carbocycles. The van der Waals surface area contributed by atoms with Crippen LogP contribution in [0.1, 0.15) is 51.5 Å². The topological polar surface area (TPSA) is 84.9 Å². The smallest absolute Gasteiger partial charge is 0.326 e. The standard InChI is InChI=1S/C22H30N2O5/c1-3-16-8-10-22(11-9-16)20(26)24(21(27)23-22)15-19(25)29-13-12-28-18-7-5-6-17(4-2)14-18/h5-7,14,16H,3-4,8-13,15H2,1-2H3,(H,23,27). The fourth-order valence-electron chi connectivity index (χ4n) is 4.08. The van der Waals surface area contributed by atoms with Crippen LogP contribution in [0.5, 0.6) is 5.75 Å². The van der Waals surface area contributed by atoms with Crippen molar-refractivity contribution in [1.29, 1.82) is 0 Å². The molecule has 1 N–H and O–H groups in total. The Kier molecular flexibility index (Phi) is 6.77. The van der Waals surface area contributed by atoms with Crippen molar-refractivity contribution >= 4 is 17.9 Å². The number of nitrogens with one attached hydrogen (secondary N) is 1. The van der Waals surface area contributed by atoms with Crippen molar-refractivity contribution in [3.63, 3.8) is 0 Å². The van der Waals surface area contributed by atoms with E-state index in [0.717, 1.165) is 36.3 Å². The summed E-state index contributed by atoms with van der Waals surface area (Å²) in [5, 5.41) is 2.82. The van der Waals surface area contributed by atoms with Crippen molar-refractivity contribution in [3.05, 3.63) is 29.8 Å². The van der Waals surface area contributed by atoms with Gasteiger partial charge in [0, 0.05) is 0 Å². The monoisotopic (exact) mass is 402 g/mol. The number of aryl methyl sites for hydroxylation is 1. The number of nitrogens with zero attached hydrogens (tertiary/aromatic N) is 1. The van der Waals surface area contributed by atoms with Crippen LogP contribution in [0.15, 0.2) is 24.3 Å². The Morgan fingerprint density at radius 1 is 1.21 bits per heavy atom. The Labute approximate surface area is 171 Å². The Morgan fingerprint density at radius 2 is 1.97 bits per heavy atom. The first-order chi connectivity index (χ1) is 14.0. The van der Waals surface area contributed by atoms with Crippen LogP contribution in [0.4, 0.5) is 4.79 Å². The summed E-state index contributed by atoms with van der Waals surface area (Å²) in [6.07, 6.45) is 5.09. The maximum atomic E-state index is 12.8. The van der Waals surface area contributed by atoms with Gasteiger partial charge < -0.3 is 14.8 Å². The number of hydrogen-bond donors (Lipinski definition) is 1. The second-order valence-electron chi connectivity index (χ2n) is 7.83. The number of rotatable bonds is 8. The second-order valence-corrected chi connectivity index (χ2v) is 7.83. The average Bonchev–Trinajstić information content (AvgIpc) is 2.96. The molecule has 3 rings (SSSR count). The van der Waals surface area contributed by atoms with Gasteiger partial charge in [0.25, 0.3) is 5.91 Å². The molecule has 1 saturated carbocycles. The molecule has 0 aromatic heterocycles. The minimum atomic E-state index is -0.837. The number of carbonyl (C=O) groups is 3. The molecular formula is C22H30N2O5. The molecular weight excluding hydrogens is 372 g/mol. The molecule has 1 heterocycles. The van der Waals surface area contributed by atoms with E-state index in [1.807, 2.05) is 24.3 Å². The highest BCUT2D eigenvalue weighted by atomic mass is 16.6. The van der Waals surface area contributed by atoms with E-state index in [-0.39, 0.29) is 25.7 Å². The number of esters is 1. The molecule has 1 aromatic carbocycles. The summed E-state index contributed by atoms with van der Waals surface area (Å²) in [7, 11) is 0. The van der Waals surface area contributed by atoms with Crippen LogP contribution in [0, 0.1) is 5.92 Å². The van der Waals surface area contributed by atoms with Crippen LogP contribution in [0.2, 0.25) is 0 Å². The first-order valence-electron chi connectivity index (χ1n) is 10.5. The lowest BCUT2D eigenvalue weighted by Crippen LogP contribution is -2.49. The number of urea groups is 1. The largest absolute Gasteiger partial charge is 0.490 e. The highest BCUT2D eigenvalue weighted by Crippen LogP contribution is 2.37. The number of carbonyl (C=O) groups excluding carboxylic acids is 3. The third kappa shape index (κ3) is 4.89. The molecule has 7 heteroatoms. The lowest BCUT2D eigenvalue weighted by Gasteiger charge is -2.34. The summed E-state index contributed by atoms with van der Waals surface area (Å²) < 4.78 is 10.7. The molecule has 2 aliphatic rings. The highest BCUT2D eigenvalue weighted by Gasteiger charge is 2.52. The molecule has 158 valence electrons. The van der Waals surface area contributed by atoms with E-state index in [1.165, 1.54) is 5.56 Å². The normalized spacial score (nSPS) is 23.9. The molecule has 1 aromatic rings. The molecule has 7 nitrogen and oxygen atoms in total. The molecule has 0 unspecified atom stereocenters. The van der Waals surface area contributed by atoms with Crippen LogP contribution >= 0.6 is 0 Å². The van der Waals surface area contributed by atoms with Gasteiger partial charge in [-0.1, -0.05) is 32.4 Å². The number of hydrogen-bond acceptors (Lipinski definition) is 5. The van der Waals surface area contributed by atoms with Gasteiger partial charge in [-0.2, -0.15) is 0 Å². The molecule has 2 fully saturated rings. The maximum Gasteiger partial charge on any atom is 0.326 e. The zero-order valence-corrected chi connectivity index (χ0v) is 17.2. The van der Waals surface area contributed by atoms with Gasteiger partial charge in [-0.25, -0.2) is 4.79 Å². The highest BCUT2D eigenvalue weighted by molar-refractivity contribution is 6.08. The molecule has 0 radical (unpaired) electrons. The molecule has 0 atom stereocenters. The van der Waals surface area contributed by atoms with E-state index in [9.17, 15) is 14.4 Å². The minimum absolute atomic E-state index is 0.0577. The van der Waals surface area contributed by atoms with Crippen molar-refractivity contribution in [2.24, 2.45) is 5.92 Å².